The summed E-state index contributed by atoms with van der Waals surface area (Å²) >= 11 is 0. The van der Waals surface area contributed by atoms with E-state index < -0.39 is 6.16 Å². The van der Waals surface area contributed by atoms with Gasteiger partial charge in [-0.2, -0.15) is 0 Å². The Labute approximate surface area is 130 Å². The van der Waals surface area contributed by atoms with Crippen LogP contribution in [0.4, 0.5) is 9.59 Å². The molecule has 0 atom stereocenters. The fourth-order valence-corrected chi connectivity index (χ4v) is 2.39. The van der Waals surface area contributed by atoms with Crippen molar-refractivity contribution in [3.05, 3.63) is 35.9 Å². The van der Waals surface area contributed by atoms with E-state index in [1.54, 1.807) is 0 Å². The number of alkyl carbamates (subject to hydrolysis) is 1. The van der Waals surface area contributed by atoms with E-state index in [1.807, 2.05) is 30.3 Å². The molecule has 3 N–H and O–H groups in total. The van der Waals surface area contributed by atoms with Gasteiger partial charge in [0, 0.05) is 6.54 Å². The molecule has 0 spiro atoms. The van der Waals surface area contributed by atoms with Crippen molar-refractivity contribution in [1.29, 1.82) is 0 Å². The van der Waals surface area contributed by atoms with Gasteiger partial charge in [0.2, 0.25) is 0 Å². The minimum absolute atomic E-state index is 0.301. The van der Waals surface area contributed by atoms with Crippen LogP contribution in [0.15, 0.2) is 30.3 Å². The Morgan fingerprint density at radius 3 is 2.27 bits per heavy atom. The number of ether oxygens (including phenoxy) is 1. The van der Waals surface area contributed by atoms with Crippen molar-refractivity contribution in [3.8, 4) is 0 Å². The first-order chi connectivity index (χ1) is 10.6. The van der Waals surface area contributed by atoms with E-state index in [0.29, 0.717) is 12.5 Å². The normalized spacial score (nSPS) is 14.4. The van der Waals surface area contributed by atoms with Crippen LogP contribution in [-0.2, 0) is 11.3 Å². The molecule has 1 amide bonds. The molecule has 1 aliphatic rings. The van der Waals surface area contributed by atoms with E-state index in [2.05, 4.69) is 5.32 Å². The first-order valence-electron chi connectivity index (χ1n) is 7.44. The second-order valence-electron chi connectivity index (χ2n) is 5.23. The number of nitrogens with one attached hydrogen (secondary N) is 1. The van der Waals surface area contributed by atoms with Crippen LogP contribution >= 0.6 is 0 Å². The van der Waals surface area contributed by atoms with E-state index in [9.17, 15) is 4.79 Å². The summed E-state index contributed by atoms with van der Waals surface area (Å²) in [4.78, 5) is 20.1. The molecule has 1 saturated carbocycles. The molecule has 0 aromatic heterocycles. The molecule has 0 bridgehead atoms. The molecule has 1 fully saturated rings. The lowest BCUT2D eigenvalue weighted by molar-refractivity contribution is 0.135. The maximum Gasteiger partial charge on any atom is 0.503 e. The van der Waals surface area contributed by atoms with Crippen LogP contribution in [0, 0.1) is 5.92 Å². The molecule has 0 saturated heterocycles. The Bertz CT molecular complexity index is 439. The molecule has 6 heteroatoms. The van der Waals surface area contributed by atoms with Crippen molar-refractivity contribution >= 4 is 12.2 Å². The third-order valence-electron chi connectivity index (χ3n) is 3.47. The monoisotopic (exact) mass is 309 g/mol. The minimum atomic E-state index is -1.83. The standard InChI is InChI=1S/C15H21NO2.CH2O3/c17-15(16-11-13-7-3-1-4-8-13)18-12-14-9-5-2-6-10-14;2-1(3)4/h2,5-6,9-10,13H,1,3-4,7-8,11-12H2,(H,16,17);(H2,2,3,4). The number of carbonyl (C=O) groups excluding carboxylic acids is 1. The molecule has 1 aliphatic carbocycles. The Kier molecular flexibility index (Phi) is 8.49. The van der Waals surface area contributed by atoms with Crippen LogP contribution in [0.1, 0.15) is 37.7 Å². The molecule has 0 aliphatic heterocycles. The average molecular weight is 309 g/mol. The van der Waals surface area contributed by atoms with E-state index in [1.165, 1.54) is 32.1 Å². The lowest BCUT2D eigenvalue weighted by atomic mass is 9.89. The molecule has 6 nitrogen and oxygen atoms in total. The van der Waals surface area contributed by atoms with Crippen LogP contribution in [0.5, 0.6) is 0 Å². The van der Waals surface area contributed by atoms with Crippen molar-refractivity contribution in [2.24, 2.45) is 5.92 Å². The summed E-state index contributed by atoms with van der Waals surface area (Å²) in [5.74, 6) is 0.642. The molecule has 122 valence electrons. The SMILES string of the molecule is O=C(NCC1CCCCC1)OCc1ccccc1.O=C(O)O. The fourth-order valence-electron chi connectivity index (χ4n) is 2.39. The Morgan fingerprint density at radius 1 is 1.09 bits per heavy atom. The van der Waals surface area contributed by atoms with Crippen LogP contribution in [-0.4, -0.2) is 29.0 Å². The number of amides is 1. The summed E-state index contributed by atoms with van der Waals surface area (Å²) in [5.41, 5.74) is 1.02. The van der Waals surface area contributed by atoms with Gasteiger partial charge in [-0.1, -0.05) is 49.6 Å². The van der Waals surface area contributed by atoms with Crippen LogP contribution < -0.4 is 5.32 Å². The number of rotatable bonds is 4. The van der Waals surface area contributed by atoms with E-state index in [-0.39, 0.29) is 6.09 Å². The van der Waals surface area contributed by atoms with Gasteiger partial charge in [0.25, 0.3) is 0 Å². The first-order valence-corrected chi connectivity index (χ1v) is 7.44. The predicted molar refractivity (Wildman–Crippen MR) is 81.9 cm³/mol. The Balaban J connectivity index is 0.000000541. The summed E-state index contributed by atoms with van der Waals surface area (Å²) in [6, 6.07) is 9.74. The second kappa shape index (κ2) is 10.5. The van der Waals surface area contributed by atoms with Gasteiger partial charge < -0.3 is 20.3 Å². The van der Waals surface area contributed by atoms with Crippen molar-refractivity contribution < 1.29 is 24.5 Å². The van der Waals surface area contributed by atoms with Gasteiger partial charge in [0.15, 0.2) is 0 Å². The molecule has 0 radical (unpaired) electrons. The molecule has 1 aromatic rings. The van der Waals surface area contributed by atoms with Crippen LogP contribution in [0.3, 0.4) is 0 Å². The molecular formula is C16H23NO5. The molecule has 0 heterocycles. The highest BCUT2D eigenvalue weighted by molar-refractivity contribution is 5.67. The van der Waals surface area contributed by atoms with Crippen molar-refractivity contribution in [2.45, 2.75) is 38.7 Å². The molecule has 0 unspecified atom stereocenters. The summed E-state index contributed by atoms with van der Waals surface area (Å²) in [5, 5.41) is 16.8. The fraction of sp³-hybridized carbons (Fsp3) is 0.500. The largest absolute Gasteiger partial charge is 0.503 e. The van der Waals surface area contributed by atoms with Gasteiger partial charge in [-0.25, -0.2) is 9.59 Å². The zero-order valence-electron chi connectivity index (χ0n) is 12.5. The summed E-state index contributed by atoms with van der Waals surface area (Å²) in [6.45, 7) is 1.10. The predicted octanol–water partition coefficient (Wildman–Crippen LogP) is 3.72. The number of carboxylic acid groups (broad SMARTS) is 2. The number of benzene rings is 1. The number of carbonyl (C=O) groups is 2. The topological polar surface area (TPSA) is 95.9 Å². The zero-order valence-corrected chi connectivity index (χ0v) is 12.5. The van der Waals surface area contributed by atoms with Gasteiger partial charge in [-0.05, 0) is 24.3 Å². The summed E-state index contributed by atoms with van der Waals surface area (Å²) in [7, 11) is 0. The third kappa shape index (κ3) is 8.84. The van der Waals surface area contributed by atoms with Crippen molar-refractivity contribution in [3.63, 3.8) is 0 Å². The molecule has 22 heavy (non-hydrogen) atoms. The van der Waals surface area contributed by atoms with Gasteiger partial charge >= 0.3 is 12.2 Å². The van der Waals surface area contributed by atoms with E-state index in [0.717, 1.165) is 12.1 Å². The quantitative estimate of drug-likeness (QED) is 0.787. The van der Waals surface area contributed by atoms with Gasteiger partial charge in [0.05, 0.1) is 0 Å². The van der Waals surface area contributed by atoms with Gasteiger partial charge in [0.1, 0.15) is 6.61 Å². The maximum absolute atomic E-state index is 11.5. The third-order valence-corrected chi connectivity index (χ3v) is 3.47. The van der Waals surface area contributed by atoms with Crippen molar-refractivity contribution in [1.82, 2.24) is 5.32 Å². The van der Waals surface area contributed by atoms with Gasteiger partial charge in [-0.15, -0.1) is 0 Å². The first kappa shape index (κ1) is 17.8. The Hall–Kier alpha value is -2.24. The number of hydrogen-bond donors (Lipinski definition) is 3. The zero-order chi connectivity index (χ0) is 16.2. The average Bonchev–Trinajstić information content (AvgIpc) is 2.52. The van der Waals surface area contributed by atoms with E-state index >= 15 is 0 Å². The highest BCUT2D eigenvalue weighted by Gasteiger charge is 2.14. The summed E-state index contributed by atoms with van der Waals surface area (Å²) < 4.78 is 5.17. The Morgan fingerprint density at radius 2 is 1.68 bits per heavy atom. The maximum atomic E-state index is 11.5. The summed E-state index contributed by atoms with van der Waals surface area (Å²) in [6.07, 6.45) is 4.27. The highest BCUT2D eigenvalue weighted by Crippen LogP contribution is 2.22. The van der Waals surface area contributed by atoms with E-state index in [4.69, 9.17) is 19.7 Å². The second-order valence-corrected chi connectivity index (χ2v) is 5.23. The smallest absolute Gasteiger partial charge is 0.450 e. The molecule has 2 rings (SSSR count). The highest BCUT2D eigenvalue weighted by atomic mass is 16.6. The lowest BCUT2D eigenvalue weighted by Gasteiger charge is -2.21. The number of hydrogen-bond acceptors (Lipinski definition) is 3. The van der Waals surface area contributed by atoms with Gasteiger partial charge in [-0.3, -0.25) is 0 Å². The van der Waals surface area contributed by atoms with Crippen LogP contribution in [0.25, 0.3) is 0 Å². The van der Waals surface area contributed by atoms with Crippen LogP contribution in [0.2, 0.25) is 0 Å². The molecular weight excluding hydrogens is 286 g/mol. The lowest BCUT2D eigenvalue weighted by Crippen LogP contribution is -2.30. The molecule has 1 aromatic carbocycles. The van der Waals surface area contributed by atoms with Crippen molar-refractivity contribution in [2.75, 3.05) is 6.54 Å². The minimum Gasteiger partial charge on any atom is -0.450 e.